The number of nitriles is 1. The molecule has 0 fully saturated rings. The van der Waals surface area contributed by atoms with E-state index >= 15 is 0 Å². The van der Waals surface area contributed by atoms with Gasteiger partial charge in [-0.25, -0.2) is 4.21 Å². The number of nitrogens with two attached hydrogens (primary N) is 1. The van der Waals surface area contributed by atoms with Gasteiger partial charge in [-0.2, -0.15) is 5.26 Å². The van der Waals surface area contributed by atoms with Crippen molar-refractivity contribution in [2.75, 3.05) is 5.75 Å². The van der Waals surface area contributed by atoms with Gasteiger partial charge in [0, 0.05) is 6.42 Å². The van der Waals surface area contributed by atoms with Crippen LogP contribution < -0.4 is 5.14 Å². The average Bonchev–Trinajstić information content (AvgIpc) is 1.61. The van der Waals surface area contributed by atoms with Crippen molar-refractivity contribution < 1.29 is 4.21 Å². The van der Waals surface area contributed by atoms with E-state index in [4.69, 9.17) is 10.4 Å². The number of hydrogen-bond donors (Lipinski definition) is 1. The molecule has 0 aromatic rings. The van der Waals surface area contributed by atoms with Gasteiger partial charge in [0.05, 0.1) is 22.8 Å². The molecule has 0 rings (SSSR count). The van der Waals surface area contributed by atoms with Crippen molar-refractivity contribution in [2.24, 2.45) is 5.14 Å². The van der Waals surface area contributed by atoms with Crippen LogP contribution in [0, 0.1) is 11.3 Å². The van der Waals surface area contributed by atoms with Crippen LogP contribution in [0.5, 0.6) is 0 Å². The molecule has 0 bridgehead atoms. The fraction of sp³-hybridized carbons (Fsp3) is 0.667. The second-order valence-electron chi connectivity index (χ2n) is 0.993. The van der Waals surface area contributed by atoms with Gasteiger partial charge < -0.3 is 0 Å². The van der Waals surface area contributed by atoms with E-state index in [1.807, 2.05) is 6.07 Å². The Labute approximate surface area is 44.7 Å². The van der Waals surface area contributed by atoms with Crippen molar-refractivity contribution in [1.82, 2.24) is 0 Å². The van der Waals surface area contributed by atoms with Crippen LogP contribution in [-0.4, -0.2) is 9.96 Å². The van der Waals surface area contributed by atoms with E-state index in [1.165, 1.54) is 0 Å². The Bertz CT molecular complexity index is 106. The molecule has 40 valence electrons. The first-order valence-electron chi connectivity index (χ1n) is 1.77. The van der Waals surface area contributed by atoms with Crippen LogP contribution in [0.4, 0.5) is 0 Å². The summed E-state index contributed by atoms with van der Waals surface area (Å²) in [6.45, 7) is 0. The van der Waals surface area contributed by atoms with Gasteiger partial charge in [-0.15, -0.1) is 0 Å². The monoisotopic (exact) mass is 118 g/mol. The highest BCUT2D eigenvalue weighted by Gasteiger charge is 1.85. The molecule has 0 aliphatic rings. The van der Waals surface area contributed by atoms with E-state index in [2.05, 4.69) is 0 Å². The van der Waals surface area contributed by atoms with Crippen LogP contribution >= 0.6 is 0 Å². The molecule has 0 radical (unpaired) electrons. The molecule has 1 unspecified atom stereocenters. The molecule has 1 atom stereocenters. The zero-order valence-electron chi connectivity index (χ0n) is 3.76. The molecule has 0 aromatic carbocycles. The lowest BCUT2D eigenvalue weighted by atomic mass is 10.6. The van der Waals surface area contributed by atoms with Crippen molar-refractivity contribution in [3.05, 3.63) is 0 Å². The third-order valence-electron chi connectivity index (χ3n) is 0.415. The van der Waals surface area contributed by atoms with Gasteiger partial charge >= 0.3 is 0 Å². The Morgan fingerprint density at radius 2 is 2.43 bits per heavy atom. The summed E-state index contributed by atoms with van der Waals surface area (Å²) in [5.74, 6) is 0.288. The Hall–Kier alpha value is -0.400. The predicted molar refractivity (Wildman–Crippen MR) is 27.4 cm³/mol. The van der Waals surface area contributed by atoms with Crippen LogP contribution in [0.3, 0.4) is 0 Å². The van der Waals surface area contributed by atoms with Crippen molar-refractivity contribution in [1.29, 1.82) is 5.26 Å². The van der Waals surface area contributed by atoms with Gasteiger partial charge in [-0.3, -0.25) is 5.14 Å². The molecule has 0 aliphatic heterocycles. The zero-order chi connectivity index (χ0) is 5.70. The fourth-order valence-corrected chi connectivity index (χ4v) is 0.439. The highest BCUT2D eigenvalue weighted by atomic mass is 32.2. The first-order chi connectivity index (χ1) is 3.27. The molecule has 7 heavy (non-hydrogen) atoms. The van der Waals surface area contributed by atoms with Gasteiger partial charge in [0.1, 0.15) is 0 Å². The minimum absolute atomic E-state index is 0.281. The first-order valence-corrected chi connectivity index (χ1v) is 3.15. The lowest BCUT2D eigenvalue weighted by molar-refractivity contribution is 0.684. The van der Waals surface area contributed by atoms with E-state index < -0.39 is 11.0 Å². The van der Waals surface area contributed by atoms with Gasteiger partial charge in [0.15, 0.2) is 0 Å². The largest absolute Gasteiger partial charge is 0.252 e. The maximum Gasteiger partial charge on any atom is 0.0898 e. The van der Waals surface area contributed by atoms with Gasteiger partial charge in [0.25, 0.3) is 0 Å². The third-order valence-corrected chi connectivity index (χ3v) is 1.02. The molecule has 0 amide bonds. The molecule has 0 heterocycles. The zero-order valence-corrected chi connectivity index (χ0v) is 4.57. The molecule has 3 nitrogen and oxygen atoms in total. The van der Waals surface area contributed by atoms with Crippen LogP contribution in [-0.2, 0) is 11.0 Å². The molecule has 0 aliphatic carbocycles. The van der Waals surface area contributed by atoms with E-state index in [9.17, 15) is 4.21 Å². The molecule has 0 saturated carbocycles. The highest BCUT2D eigenvalue weighted by molar-refractivity contribution is 7.82. The van der Waals surface area contributed by atoms with Crippen LogP contribution in [0.1, 0.15) is 6.42 Å². The van der Waals surface area contributed by atoms with Crippen molar-refractivity contribution in [2.45, 2.75) is 6.42 Å². The average molecular weight is 118 g/mol. The summed E-state index contributed by atoms with van der Waals surface area (Å²) in [5.41, 5.74) is 0. The second kappa shape index (κ2) is 3.78. The Morgan fingerprint density at radius 3 is 2.57 bits per heavy atom. The second-order valence-corrected chi connectivity index (χ2v) is 2.16. The summed E-state index contributed by atoms with van der Waals surface area (Å²) in [5, 5.41) is 12.7. The van der Waals surface area contributed by atoms with Gasteiger partial charge in [0.2, 0.25) is 0 Å². The van der Waals surface area contributed by atoms with E-state index in [0.29, 0.717) is 0 Å². The minimum atomic E-state index is -1.29. The molecular formula is C3H6N2OS. The number of nitrogens with zero attached hydrogens (tertiary/aromatic N) is 1. The third kappa shape index (κ3) is 5.60. The summed E-state index contributed by atoms with van der Waals surface area (Å²) in [7, 11) is -1.29. The number of hydrogen-bond acceptors (Lipinski definition) is 2. The first kappa shape index (κ1) is 6.60. The normalized spacial score (nSPS) is 12.6. The smallest absolute Gasteiger partial charge is 0.0898 e. The molecule has 0 saturated heterocycles. The van der Waals surface area contributed by atoms with Gasteiger partial charge in [-0.05, 0) is 0 Å². The Kier molecular flexibility index (Phi) is 3.56. The van der Waals surface area contributed by atoms with Crippen LogP contribution in [0.2, 0.25) is 0 Å². The fourth-order valence-electron chi connectivity index (χ4n) is 0.146. The lowest BCUT2D eigenvalue weighted by Crippen LogP contribution is -2.05. The maximum atomic E-state index is 9.94. The van der Waals surface area contributed by atoms with Gasteiger partial charge in [-0.1, -0.05) is 0 Å². The van der Waals surface area contributed by atoms with Crippen molar-refractivity contribution in [3.63, 3.8) is 0 Å². The molecule has 0 spiro atoms. The lowest BCUT2D eigenvalue weighted by Gasteiger charge is -1.81. The predicted octanol–water partition coefficient (Wildman–Crippen LogP) is -0.478. The molecular weight excluding hydrogens is 112 g/mol. The maximum absolute atomic E-state index is 9.94. The standard InChI is InChI=1S/C3H6N2OS/c4-2-1-3-7(5)6/h1,3,5H2. The summed E-state index contributed by atoms with van der Waals surface area (Å²) >= 11 is 0. The summed E-state index contributed by atoms with van der Waals surface area (Å²) in [4.78, 5) is 0. The van der Waals surface area contributed by atoms with Crippen molar-refractivity contribution in [3.8, 4) is 6.07 Å². The number of rotatable bonds is 2. The summed E-state index contributed by atoms with van der Waals surface area (Å²) in [6, 6.07) is 1.83. The van der Waals surface area contributed by atoms with E-state index in [0.717, 1.165) is 0 Å². The highest BCUT2D eigenvalue weighted by Crippen LogP contribution is 1.74. The van der Waals surface area contributed by atoms with Crippen molar-refractivity contribution >= 4 is 11.0 Å². The SMILES string of the molecule is N#CCCS(N)=O. The summed E-state index contributed by atoms with van der Waals surface area (Å²) in [6.07, 6.45) is 0.281. The minimum Gasteiger partial charge on any atom is -0.252 e. The van der Waals surface area contributed by atoms with E-state index in [-0.39, 0.29) is 12.2 Å². The summed E-state index contributed by atoms with van der Waals surface area (Å²) < 4.78 is 9.94. The molecule has 4 heteroatoms. The topological polar surface area (TPSA) is 66.9 Å². The van der Waals surface area contributed by atoms with E-state index in [1.54, 1.807) is 0 Å². The van der Waals surface area contributed by atoms with Crippen LogP contribution in [0.15, 0.2) is 0 Å². The quantitative estimate of drug-likeness (QED) is 0.532. The Morgan fingerprint density at radius 1 is 1.86 bits per heavy atom. The van der Waals surface area contributed by atoms with Crippen LogP contribution in [0.25, 0.3) is 0 Å². The molecule has 0 aromatic heterocycles. The molecule has 2 N–H and O–H groups in total. The Balaban J connectivity index is 3.02.